The molecule has 0 bridgehead atoms. The van der Waals surface area contributed by atoms with E-state index in [9.17, 15) is 4.79 Å². The molecule has 2 aliphatic rings. The Hall–Kier alpha value is -2.45. The molecule has 204 valence electrons. The van der Waals surface area contributed by atoms with Crippen molar-refractivity contribution in [2.24, 2.45) is 15.9 Å². The summed E-state index contributed by atoms with van der Waals surface area (Å²) in [6.07, 6.45) is 5.28. The highest BCUT2D eigenvalue weighted by Gasteiger charge is 2.39. The van der Waals surface area contributed by atoms with E-state index in [1.165, 1.54) is 31.9 Å². The van der Waals surface area contributed by atoms with Crippen LogP contribution in [0, 0.1) is 5.92 Å². The average Bonchev–Trinajstić information content (AvgIpc) is 2.95. The number of amidine groups is 1. The number of nitrogens with zero attached hydrogens (tertiary/aromatic N) is 3. The number of ether oxygens (including phenoxy) is 3. The number of likely N-dealkylation sites (tertiary alicyclic amines) is 1. The summed E-state index contributed by atoms with van der Waals surface area (Å²) in [5, 5.41) is 0.812. The molecule has 0 aliphatic carbocycles. The molecule has 7 nitrogen and oxygen atoms in total. The van der Waals surface area contributed by atoms with Crippen LogP contribution in [-0.2, 0) is 25.4 Å². The van der Waals surface area contributed by atoms with Gasteiger partial charge in [-0.15, -0.1) is 0 Å². The van der Waals surface area contributed by atoms with E-state index in [-0.39, 0.29) is 12.6 Å². The summed E-state index contributed by atoms with van der Waals surface area (Å²) >= 11 is 12.5. The summed E-state index contributed by atoms with van der Waals surface area (Å²) in [6, 6.07) is 14.9. The van der Waals surface area contributed by atoms with Crippen molar-refractivity contribution < 1.29 is 19.0 Å². The molecule has 4 rings (SSSR count). The number of methoxy groups -OCH3 is 1. The van der Waals surface area contributed by atoms with Crippen LogP contribution in [0.1, 0.15) is 42.9 Å². The van der Waals surface area contributed by atoms with Crippen LogP contribution in [-0.4, -0.2) is 69.2 Å². The minimum Gasteiger partial charge on any atom is -0.467 e. The van der Waals surface area contributed by atoms with Crippen LogP contribution in [0.15, 0.2) is 58.5 Å². The fourth-order valence-corrected chi connectivity index (χ4v) is 5.09. The molecule has 0 radical (unpaired) electrons. The number of aliphatic imine (C=N–C) groups is 2. The molecule has 2 aromatic carbocycles. The molecule has 0 saturated carbocycles. The van der Waals surface area contributed by atoms with E-state index in [1.807, 2.05) is 24.3 Å². The molecule has 0 amide bonds. The highest BCUT2D eigenvalue weighted by atomic mass is 35.5. The summed E-state index contributed by atoms with van der Waals surface area (Å²) in [7, 11) is 1.51. The summed E-state index contributed by atoms with van der Waals surface area (Å²) in [5.41, 5.74) is 2.45. The van der Waals surface area contributed by atoms with Crippen molar-refractivity contribution in [3.05, 3.63) is 69.7 Å². The van der Waals surface area contributed by atoms with Crippen LogP contribution in [0.2, 0.25) is 10.0 Å². The number of hydrogen-bond donors (Lipinski definition) is 0. The molecule has 0 N–H and O–H groups in total. The molecule has 2 unspecified atom stereocenters. The van der Waals surface area contributed by atoms with E-state index in [1.54, 1.807) is 12.1 Å². The van der Waals surface area contributed by atoms with Crippen LogP contribution in [0.25, 0.3) is 0 Å². The van der Waals surface area contributed by atoms with Gasteiger partial charge in [0.05, 0.1) is 48.7 Å². The standard InChI is InChI=1S/C29H35Cl2N3O4/c1-36-29-32-25(20-37-18-16-34-14-6-3-7-15-34)26(27(33-29)22-12-13-23(30)24(31)19-22)28(35)38-17-8-11-21-9-4-2-5-10-21/h2,4-5,9-10,12-13,19,26-27H,3,6-8,11,14-18,20H2,1H3. The molecule has 1 saturated heterocycles. The van der Waals surface area contributed by atoms with E-state index < -0.39 is 17.9 Å². The third kappa shape index (κ3) is 8.03. The Morgan fingerprint density at radius 2 is 1.82 bits per heavy atom. The van der Waals surface area contributed by atoms with Gasteiger partial charge in [0, 0.05) is 6.54 Å². The van der Waals surface area contributed by atoms with Gasteiger partial charge in [-0.2, -0.15) is 0 Å². The Morgan fingerprint density at radius 1 is 1.03 bits per heavy atom. The minimum atomic E-state index is -0.766. The number of carbonyl (C=O) groups excluding carboxylic acids is 1. The summed E-state index contributed by atoms with van der Waals surface area (Å²) < 4.78 is 17.2. The largest absolute Gasteiger partial charge is 0.467 e. The van der Waals surface area contributed by atoms with Crippen LogP contribution in [0.3, 0.4) is 0 Å². The number of hydrogen-bond acceptors (Lipinski definition) is 7. The summed E-state index contributed by atoms with van der Waals surface area (Å²) in [6.45, 7) is 4.07. The monoisotopic (exact) mass is 559 g/mol. The zero-order valence-corrected chi connectivity index (χ0v) is 23.3. The summed E-state index contributed by atoms with van der Waals surface area (Å²) in [5.74, 6) is -1.16. The van der Waals surface area contributed by atoms with Crippen LogP contribution < -0.4 is 0 Å². The van der Waals surface area contributed by atoms with Crippen molar-refractivity contribution in [2.45, 2.75) is 38.1 Å². The molecule has 2 heterocycles. The van der Waals surface area contributed by atoms with E-state index in [2.05, 4.69) is 27.0 Å². The molecular weight excluding hydrogens is 525 g/mol. The number of piperidine rings is 1. The number of aryl methyl sites for hydroxylation is 1. The number of halogens is 2. The first-order valence-corrected chi connectivity index (χ1v) is 14.0. The van der Waals surface area contributed by atoms with Crippen molar-refractivity contribution >= 4 is 40.9 Å². The van der Waals surface area contributed by atoms with E-state index in [0.29, 0.717) is 35.4 Å². The third-order valence-corrected chi connectivity index (χ3v) is 7.57. The molecule has 38 heavy (non-hydrogen) atoms. The topological polar surface area (TPSA) is 72.7 Å². The number of esters is 1. The molecule has 9 heteroatoms. The van der Waals surface area contributed by atoms with Gasteiger partial charge < -0.3 is 19.1 Å². The highest BCUT2D eigenvalue weighted by molar-refractivity contribution is 6.42. The fraction of sp³-hybridized carbons (Fsp3) is 0.483. The lowest BCUT2D eigenvalue weighted by atomic mass is 9.88. The maximum Gasteiger partial charge on any atom is 0.317 e. The lowest BCUT2D eigenvalue weighted by Gasteiger charge is -2.29. The predicted octanol–water partition coefficient (Wildman–Crippen LogP) is 5.79. The first-order valence-electron chi connectivity index (χ1n) is 13.2. The second-order valence-corrected chi connectivity index (χ2v) is 10.3. The summed E-state index contributed by atoms with van der Waals surface area (Å²) in [4.78, 5) is 25.0. The van der Waals surface area contributed by atoms with Gasteiger partial charge in [-0.25, -0.2) is 9.98 Å². The maximum atomic E-state index is 13.5. The SMILES string of the molecule is COC1=NC(c2ccc(Cl)c(Cl)c2)C(C(=O)OCCCc2ccccc2)C(COCCN2CCCCC2)=N1. The predicted molar refractivity (Wildman–Crippen MR) is 151 cm³/mol. The number of rotatable bonds is 11. The van der Waals surface area contributed by atoms with Gasteiger partial charge in [-0.3, -0.25) is 4.79 Å². The normalized spacial score (nSPS) is 20.0. The average molecular weight is 561 g/mol. The smallest absolute Gasteiger partial charge is 0.317 e. The fourth-order valence-electron chi connectivity index (χ4n) is 4.78. The van der Waals surface area contributed by atoms with Gasteiger partial charge in [0.1, 0.15) is 5.92 Å². The zero-order chi connectivity index (χ0) is 26.7. The van der Waals surface area contributed by atoms with E-state index in [4.69, 9.17) is 37.4 Å². The lowest BCUT2D eigenvalue weighted by molar-refractivity contribution is -0.147. The molecule has 0 aromatic heterocycles. The van der Waals surface area contributed by atoms with Crippen LogP contribution in [0.5, 0.6) is 0 Å². The zero-order valence-electron chi connectivity index (χ0n) is 21.8. The molecule has 2 aliphatic heterocycles. The van der Waals surface area contributed by atoms with Crippen molar-refractivity contribution in [3.63, 3.8) is 0 Å². The molecule has 1 fully saturated rings. The number of carbonyl (C=O) groups is 1. The van der Waals surface area contributed by atoms with E-state index in [0.717, 1.165) is 31.6 Å². The van der Waals surface area contributed by atoms with Crippen LogP contribution >= 0.6 is 23.2 Å². The lowest BCUT2D eigenvalue weighted by Crippen LogP contribution is -2.38. The van der Waals surface area contributed by atoms with Crippen molar-refractivity contribution in [3.8, 4) is 0 Å². The Morgan fingerprint density at radius 3 is 2.55 bits per heavy atom. The third-order valence-electron chi connectivity index (χ3n) is 6.83. The van der Waals surface area contributed by atoms with Crippen molar-refractivity contribution in [2.75, 3.05) is 46.6 Å². The molecule has 2 atom stereocenters. The van der Waals surface area contributed by atoms with Gasteiger partial charge >= 0.3 is 12.0 Å². The Labute approximate surface area is 234 Å². The quantitative estimate of drug-likeness (QED) is 0.257. The van der Waals surface area contributed by atoms with Gasteiger partial charge in [-0.05, 0) is 62.0 Å². The first-order chi connectivity index (χ1) is 18.5. The Kier molecular flexibility index (Phi) is 11.0. The molecule has 0 spiro atoms. The van der Waals surface area contributed by atoms with E-state index >= 15 is 0 Å². The second-order valence-electron chi connectivity index (χ2n) is 9.53. The Bertz CT molecular complexity index is 1120. The maximum absolute atomic E-state index is 13.5. The highest BCUT2D eigenvalue weighted by Crippen LogP contribution is 2.35. The second kappa shape index (κ2) is 14.6. The van der Waals surface area contributed by atoms with Gasteiger partial charge in [-0.1, -0.05) is 66.0 Å². The van der Waals surface area contributed by atoms with Gasteiger partial charge in [0.2, 0.25) is 0 Å². The number of benzene rings is 2. The Balaban J connectivity index is 1.46. The first kappa shape index (κ1) is 28.6. The molecule has 2 aromatic rings. The van der Waals surface area contributed by atoms with Gasteiger partial charge in [0.25, 0.3) is 0 Å². The van der Waals surface area contributed by atoms with Gasteiger partial charge in [0.15, 0.2) is 0 Å². The van der Waals surface area contributed by atoms with Crippen molar-refractivity contribution in [1.29, 1.82) is 0 Å². The van der Waals surface area contributed by atoms with Crippen molar-refractivity contribution in [1.82, 2.24) is 4.90 Å². The molecular formula is C29H35Cl2N3O4. The minimum absolute atomic E-state index is 0.178. The van der Waals surface area contributed by atoms with Crippen LogP contribution in [0.4, 0.5) is 0 Å².